The van der Waals surface area contributed by atoms with Gasteiger partial charge < -0.3 is 26.4 Å². The third-order valence-corrected chi connectivity index (χ3v) is 8.04. The molecule has 4 unspecified atom stereocenters. The summed E-state index contributed by atoms with van der Waals surface area (Å²) in [4.78, 5) is 50.9. The zero-order valence-electron chi connectivity index (χ0n) is 24.8. The molecule has 0 bridgehead atoms. The molecule has 43 heavy (non-hydrogen) atoms. The van der Waals surface area contributed by atoms with Crippen molar-refractivity contribution in [2.45, 2.75) is 52.6 Å². The molecule has 224 valence electrons. The Kier molecular flexibility index (Phi) is 9.98. The molecule has 0 radical (unpaired) electrons. The summed E-state index contributed by atoms with van der Waals surface area (Å²) in [5.41, 5.74) is 4.35. The topological polar surface area (TPSA) is 137 Å². The number of benzene rings is 3. The molecule has 4 rings (SSSR count). The number of nitrogens with one attached hydrogen (secondary N) is 4. The zero-order chi connectivity index (χ0) is 31.1. The molecular weight excluding hydrogens is 544 g/mol. The van der Waals surface area contributed by atoms with Crippen LogP contribution >= 0.6 is 0 Å². The Morgan fingerprint density at radius 1 is 0.814 bits per heavy atom. The van der Waals surface area contributed by atoms with Gasteiger partial charge in [0.2, 0.25) is 11.8 Å². The molecule has 4 atom stereocenters. The van der Waals surface area contributed by atoms with E-state index in [0.29, 0.717) is 34.5 Å². The highest BCUT2D eigenvalue weighted by Gasteiger charge is 2.32. The molecule has 0 saturated carbocycles. The molecule has 0 saturated heterocycles. The molecule has 0 aliphatic carbocycles. The van der Waals surface area contributed by atoms with Gasteiger partial charge >= 0.3 is 6.09 Å². The van der Waals surface area contributed by atoms with Crippen LogP contribution in [0.15, 0.2) is 78.9 Å². The molecular formula is C34H38N4O5. The van der Waals surface area contributed by atoms with Gasteiger partial charge in [-0.1, -0.05) is 95.1 Å². The van der Waals surface area contributed by atoms with Crippen molar-refractivity contribution in [1.82, 2.24) is 10.6 Å². The average molecular weight is 583 g/mol. The first kappa shape index (κ1) is 31.0. The lowest BCUT2D eigenvalue weighted by atomic mass is 9.82. The van der Waals surface area contributed by atoms with Gasteiger partial charge in [0.15, 0.2) is 0 Å². The fraction of sp³-hybridized carbons (Fsp3) is 0.294. The highest BCUT2D eigenvalue weighted by atomic mass is 16.4. The Labute approximate surface area is 251 Å². The number of hydrogen-bond acceptors (Lipinski definition) is 4. The molecule has 0 spiro atoms. The molecule has 3 aromatic carbocycles. The summed E-state index contributed by atoms with van der Waals surface area (Å²) in [5, 5.41) is 20.6. The standard InChI is InChI=1S/C34H38N4O5/c1-5-20(3)30-26(22-13-7-8-16-25(22)32(40)37-30)19-29(39)35-27-17-11-9-14-23(27)24-15-10-12-18-28(24)36-33(41)31(21(4)6-2)38-34(42)43/h7-21,30-31,38H,5-6H2,1-4H3,(H,35,39)(H,36,41)(H,37,40)(H,42,43)/b26-19+. The van der Waals surface area contributed by atoms with E-state index in [-0.39, 0.29) is 29.7 Å². The highest BCUT2D eigenvalue weighted by Crippen LogP contribution is 2.35. The number of para-hydroxylation sites is 2. The van der Waals surface area contributed by atoms with Crippen molar-refractivity contribution in [3.05, 3.63) is 90.0 Å². The summed E-state index contributed by atoms with van der Waals surface area (Å²) in [6.07, 6.45) is 1.70. The smallest absolute Gasteiger partial charge is 0.405 e. The lowest BCUT2D eigenvalue weighted by molar-refractivity contribution is -0.119. The fourth-order valence-corrected chi connectivity index (χ4v) is 5.26. The van der Waals surface area contributed by atoms with E-state index in [1.54, 1.807) is 42.5 Å². The molecule has 1 heterocycles. The van der Waals surface area contributed by atoms with E-state index in [4.69, 9.17) is 0 Å². The van der Waals surface area contributed by atoms with E-state index < -0.39 is 18.0 Å². The number of rotatable bonds is 10. The van der Waals surface area contributed by atoms with E-state index in [1.165, 1.54) is 0 Å². The van der Waals surface area contributed by atoms with Crippen molar-refractivity contribution < 1.29 is 24.3 Å². The maximum Gasteiger partial charge on any atom is 0.405 e. The second-order valence-electron chi connectivity index (χ2n) is 10.9. The Balaban J connectivity index is 1.66. The Hall–Kier alpha value is -4.92. The van der Waals surface area contributed by atoms with Gasteiger partial charge in [0.25, 0.3) is 5.91 Å². The van der Waals surface area contributed by atoms with Crippen LogP contribution in [0.5, 0.6) is 0 Å². The van der Waals surface area contributed by atoms with Crippen LogP contribution in [0, 0.1) is 11.8 Å². The fourth-order valence-electron chi connectivity index (χ4n) is 5.26. The van der Waals surface area contributed by atoms with Gasteiger partial charge in [-0.25, -0.2) is 4.79 Å². The van der Waals surface area contributed by atoms with Crippen LogP contribution in [0.25, 0.3) is 16.7 Å². The third kappa shape index (κ3) is 7.12. The van der Waals surface area contributed by atoms with Crippen molar-refractivity contribution in [2.75, 3.05) is 10.6 Å². The maximum absolute atomic E-state index is 13.5. The average Bonchev–Trinajstić information content (AvgIpc) is 3.01. The van der Waals surface area contributed by atoms with Crippen molar-refractivity contribution >= 4 is 40.8 Å². The molecule has 0 fully saturated rings. The normalized spacial score (nSPS) is 17.2. The summed E-state index contributed by atoms with van der Waals surface area (Å²) in [6, 6.07) is 20.4. The monoisotopic (exact) mass is 582 g/mol. The summed E-state index contributed by atoms with van der Waals surface area (Å²) >= 11 is 0. The minimum absolute atomic E-state index is 0.106. The second-order valence-corrected chi connectivity index (χ2v) is 10.9. The predicted octanol–water partition coefficient (Wildman–Crippen LogP) is 6.15. The number of amides is 4. The van der Waals surface area contributed by atoms with Crippen LogP contribution in [-0.4, -0.2) is 41.0 Å². The summed E-state index contributed by atoms with van der Waals surface area (Å²) < 4.78 is 0. The largest absolute Gasteiger partial charge is 0.465 e. The van der Waals surface area contributed by atoms with Crippen molar-refractivity contribution in [3.8, 4) is 11.1 Å². The van der Waals surface area contributed by atoms with E-state index in [2.05, 4.69) is 21.3 Å². The molecule has 0 aromatic heterocycles. The van der Waals surface area contributed by atoms with Crippen LogP contribution < -0.4 is 21.3 Å². The first-order valence-electron chi connectivity index (χ1n) is 14.6. The summed E-state index contributed by atoms with van der Waals surface area (Å²) in [6.45, 7) is 7.79. The first-order valence-corrected chi connectivity index (χ1v) is 14.6. The summed E-state index contributed by atoms with van der Waals surface area (Å²) in [7, 11) is 0. The summed E-state index contributed by atoms with van der Waals surface area (Å²) in [5.74, 6) is -1.10. The number of anilines is 2. The Morgan fingerprint density at radius 2 is 1.35 bits per heavy atom. The van der Waals surface area contributed by atoms with Crippen molar-refractivity contribution in [1.29, 1.82) is 0 Å². The molecule has 3 aromatic rings. The van der Waals surface area contributed by atoms with Crippen molar-refractivity contribution in [2.24, 2.45) is 11.8 Å². The predicted molar refractivity (Wildman–Crippen MR) is 169 cm³/mol. The SMILES string of the molecule is CCC(C)C(NC(=O)O)C(=O)Nc1ccccc1-c1ccccc1NC(=O)/C=C1\c2ccccc2C(=O)NC1C(C)CC. The van der Waals surface area contributed by atoms with E-state index in [9.17, 15) is 24.3 Å². The Bertz CT molecular complexity index is 1550. The molecule has 9 heteroatoms. The number of carbonyl (C=O) groups is 4. The van der Waals surface area contributed by atoms with Gasteiger partial charge in [-0.05, 0) is 41.2 Å². The van der Waals surface area contributed by atoms with E-state index in [1.807, 2.05) is 64.1 Å². The van der Waals surface area contributed by atoms with E-state index >= 15 is 0 Å². The van der Waals surface area contributed by atoms with Crippen LogP contribution in [0.2, 0.25) is 0 Å². The maximum atomic E-state index is 13.5. The lowest BCUT2D eigenvalue weighted by Gasteiger charge is -2.32. The minimum atomic E-state index is -1.27. The number of carbonyl (C=O) groups excluding carboxylic acids is 3. The Morgan fingerprint density at radius 3 is 1.91 bits per heavy atom. The highest BCUT2D eigenvalue weighted by molar-refractivity contribution is 6.11. The van der Waals surface area contributed by atoms with Gasteiger partial charge in [-0.3, -0.25) is 14.4 Å². The zero-order valence-corrected chi connectivity index (χ0v) is 24.8. The van der Waals surface area contributed by atoms with Crippen LogP contribution in [0.4, 0.5) is 16.2 Å². The molecule has 1 aliphatic rings. The third-order valence-electron chi connectivity index (χ3n) is 8.04. The van der Waals surface area contributed by atoms with Gasteiger partial charge in [-0.2, -0.15) is 0 Å². The molecule has 4 amide bonds. The van der Waals surface area contributed by atoms with E-state index in [0.717, 1.165) is 17.6 Å². The lowest BCUT2D eigenvalue weighted by Crippen LogP contribution is -2.47. The van der Waals surface area contributed by atoms with Crippen LogP contribution in [-0.2, 0) is 9.59 Å². The van der Waals surface area contributed by atoms with Gasteiger partial charge in [0.1, 0.15) is 6.04 Å². The van der Waals surface area contributed by atoms with Crippen LogP contribution in [0.3, 0.4) is 0 Å². The first-order chi connectivity index (χ1) is 20.6. The quantitative estimate of drug-likeness (QED) is 0.183. The molecule has 9 nitrogen and oxygen atoms in total. The molecule has 1 aliphatic heterocycles. The number of hydrogen-bond donors (Lipinski definition) is 5. The van der Waals surface area contributed by atoms with Gasteiger partial charge in [0.05, 0.1) is 6.04 Å². The van der Waals surface area contributed by atoms with Gasteiger partial charge in [-0.15, -0.1) is 0 Å². The van der Waals surface area contributed by atoms with Crippen molar-refractivity contribution in [3.63, 3.8) is 0 Å². The number of carboxylic acid groups (broad SMARTS) is 1. The minimum Gasteiger partial charge on any atom is -0.465 e. The molecule has 5 N–H and O–H groups in total. The van der Waals surface area contributed by atoms with Gasteiger partial charge in [0, 0.05) is 34.1 Å². The number of fused-ring (bicyclic) bond motifs is 1. The van der Waals surface area contributed by atoms with Crippen LogP contribution in [0.1, 0.15) is 56.5 Å². The second kappa shape index (κ2) is 13.8.